The quantitative estimate of drug-likeness (QED) is 0.436. The minimum Gasteiger partial charge on any atom is -0.352 e. The maximum atomic E-state index is 12.9. The number of aryl methyl sites for hydroxylation is 2. The third kappa shape index (κ3) is 4.69. The molecule has 0 spiro atoms. The number of hydrogen-bond donors (Lipinski definition) is 1. The van der Waals surface area contributed by atoms with Gasteiger partial charge in [0.1, 0.15) is 0 Å². The molecule has 34 heavy (non-hydrogen) atoms. The fourth-order valence-electron chi connectivity index (χ4n) is 4.81. The molecule has 4 aromatic rings. The second kappa shape index (κ2) is 9.72. The van der Waals surface area contributed by atoms with E-state index in [1.807, 2.05) is 18.2 Å². The molecule has 1 saturated heterocycles. The first-order chi connectivity index (χ1) is 16.6. The molecule has 5 nitrogen and oxygen atoms in total. The number of piperidine rings is 1. The minimum absolute atomic E-state index is 0.0511. The molecular weight excluding hydrogens is 420 g/mol. The van der Waals surface area contributed by atoms with Crippen LogP contribution >= 0.6 is 0 Å². The first-order valence-corrected chi connectivity index (χ1v) is 12.2. The number of rotatable bonds is 6. The SMILES string of the molecule is Cc1ccc(Cn2c(N3CCC(C(=O)NCc4ccccc4C)CC3)nc3ccccc32)cc1. The first-order valence-electron chi connectivity index (χ1n) is 12.2. The molecule has 2 heterocycles. The van der Waals surface area contributed by atoms with Gasteiger partial charge in [-0.05, 0) is 55.5 Å². The Morgan fingerprint density at radius 1 is 0.941 bits per heavy atom. The topological polar surface area (TPSA) is 50.2 Å². The van der Waals surface area contributed by atoms with Crippen molar-refractivity contribution in [2.24, 2.45) is 5.92 Å². The molecule has 1 fully saturated rings. The van der Waals surface area contributed by atoms with E-state index in [9.17, 15) is 4.79 Å². The van der Waals surface area contributed by atoms with Gasteiger partial charge in [-0.25, -0.2) is 4.98 Å². The van der Waals surface area contributed by atoms with Gasteiger partial charge in [-0.1, -0.05) is 66.2 Å². The zero-order valence-corrected chi connectivity index (χ0v) is 20.0. The second-order valence-corrected chi connectivity index (χ2v) is 9.38. The molecule has 1 aromatic heterocycles. The Labute approximate surface area is 201 Å². The number of para-hydroxylation sites is 2. The number of anilines is 1. The van der Waals surface area contributed by atoms with E-state index in [0.717, 1.165) is 49.5 Å². The van der Waals surface area contributed by atoms with Crippen LogP contribution in [0.3, 0.4) is 0 Å². The summed E-state index contributed by atoms with van der Waals surface area (Å²) in [7, 11) is 0. The summed E-state index contributed by atoms with van der Waals surface area (Å²) in [5, 5.41) is 3.16. The highest BCUT2D eigenvalue weighted by Crippen LogP contribution is 2.28. The predicted octanol–water partition coefficient (Wildman–Crippen LogP) is 5.23. The number of amides is 1. The average Bonchev–Trinajstić information content (AvgIpc) is 3.23. The van der Waals surface area contributed by atoms with Crippen molar-refractivity contribution in [1.82, 2.24) is 14.9 Å². The van der Waals surface area contributed by atoms with Gasteiger partial charge in [0.05, 0.1) is 17.6 Å². The molecule has 0 unspecified atom stereocenters. The monoisotopic (exact) mass is 452 g/mol. The van der Waals surface area contributed by atoms with Gasteiger partial charge in [0.15, 0.2) is 0 Å². The van der Waals surface area contributed by atoms with Crippen LogP contribution in [0.1, 0.15) is 35.1 Å². The van der Waals surface area contributed by atoms with Crippen LogP contribution in [-0.4, -0.2) is 28.5 Å². The summed E-state index contributed by atoms with van der Waals surface area (Å²) in [6, 6.07) is 25.3. The number of carbonyl (C=O) groups is 1. The molecule has 1 amide bonds. The summed E-state index contributed by atoms with van der Waals surface area (Å²) in [6.07, 6.45) is 1.68. The van der Waals surface area contributed by atoms with Gasteiger partial charge in [0.2, 0.25) is 11.9 Å². The molecule has 1 aliphatic rings. The number of nitrogens with zero attached hydrogens (tertiary/aromatic N) is 3. The Balaban J connectivity index is 1.28. The summed E-state index contributed by atoms with van der Waals surface area (Å²) in [6.45, 7) is 7.25. The molecule has 1 N–H and O–H groups in total. The van der Waals surface area contributed by atoms with E-state index in [0.29, 0.717) is 6.54 Å². The number of benzene rings is 3. The number of nitrogens with one attached hydrogen (secondary N) is 1. The standard InChI is InChI=1S/C29H32N4O/c1-21-11-13-23(14-12-21)20-33-27-10-6-5-9-26(27)31-29(33)32-17-15-24(16-18-32)28(34)30-19-25-8-4-3-7-22(25)2/h3-14,24H,15-20H2,1-2H3,(H,30,34). The Hall–Kier alpha value is -3.60. The summed E-state index contributed by atoms with van der Waals surface area (Å²) in [5.74, 6) is 1.21. The fraction of sp³-hybridized carbons (Fsp3) is 0.310. The predicted molar refractivity (Wildman–Crippen MR) is 138 cm³/mol. The van der Waals surface area contributed by atoms with Crippen molar-refractivity contribution in [1.29, 1.82) is 0 Å². The molecule has 0 bridgehead atoms. The Morgan fingerprint density at radius 2 is 1.65 bits per heavy atom. The zero-order valence-electron chi connectivity index (χ0n) is 20.0. The van der Waals surface area contributed by atoms with Crippen LogP contribution in [0.25, 0.3) is 11.0 Å². The van der Waals surface area contributed by atoms with E-state index in [4.69, 9.17) is 4.98 Å². The average molecular weight is 453 g/mol. The van der Waals surface area contributed by atoms with E-state index in [-0.39, 0.29) is 11.8 Å². The van der Waals surface area contributed by atoms with Crippen LogP contribution in [0.5, 0.6) is 0 Å². The van der Waals surface area contributed by atoms with Crippen LogP contribution in [-0.2, 0) is 17.9 Å². The molecule has 0 aliphatic carbocycles. The summed E-state index contributed by atoms with van der Waals surface area (Å²) < 4.78 is 2.32. The lowest BCUT2D eigenvalue weighted by Gasteiger charge is -2.32. The smallest absolute Gasteiger partial charge is 0.223 e. The van der Waals surface area contributed by atoms with Gasteiger partial charge in [0.25, 0.3) is 0 Å². The van der Waals surface area contributed by atoms with Gasteiger partial charge < -0.3 is 14.8 Å². The van der Waals surface area contributed by atoms with Crippen molar-refractivity contribution in [3.63, 3.8) is 0 Å². The van der Waals surface area contributed by atoms with Crippen molar-refractivity contribution in [2.75, 3.05) is 18.0 Å². The van der Waals surface area contributed by atoms with Gasteiger partial charge in [-0.3, -0.25) is 4.79 Å². The van der Waals surface area contributed by atoms with Crippen LogP contribution in [0.2, 0.25) is 0 Å². The Kier molecular flexibility index (Phi) is 6.35. The minimum atomic E-state index is 0.0511. The largest absolute Gasteiger partial charge is 0.352 e. The van der Waals surface area contributed by atoms with Crippen molar-refractivity contribution in [3.8, 4) is 0 Å². The first kappa shape index (κ1) is 22.2. The highest BCUT2D eigenvalue weighted by molar-refractivity contribution is 5.80. The van der Waals surface area contributed by atoms with Crippen LogP contribution in [0.4, 0.5) is 5.95 Å². The molecule has 3 aromatic carbocycles. The van der Waals surface area contributed by atoms with Crippen molar-refractivity contribution >= 4 is 22.9 Å². The van der Waals surface area contributed by atoms with Gasteiger partial charge in [0, 0.05) is 25.6 Å². The molecule has 0 saturated carbocycles. The van der Waals surface area contributed by atoms with E-state index in [1.54, 1.807) is 0 Å². The molecule has 174 valence electrons. The number of hydrogen-bond acceptors (Lipinski definition) is 3. The number of aromatic nitrogens is 2. The zero-order chi connectivity index (χ0) is 23.5. The van der Waals surface area contributed by atoms with Crippen molar-refractivity contribution < 1.29 is 4.79 Å². The van der Waals surface area contributed by atoms with Crippen LogP contribution in [0.15, 0.2) is 72.8 Å². The van der Waals surface area contributed by atoms with Gasteiger partial charge in [-0.15, -0.1) is 0 Å². The van der Waals surface area contributed by atoms with E-state index < -0.39 is 0 Å². The van der Waals surface area contributed by atoms with Crippen molar-refractivity contribution in [2.45, 2.75) is 39.8 Å². The fourth-order valence-corrected chi connectivity index (χ4v) is 4.81. The van der Waals surface area contributed by atoms with Crippen molar-refractivity contribution in [3.05, 3.63) is 95.1 Å². The Morgan fingerprint density at radius 3 is 2.41 bits per heavy atom. The van der Waals surface area contributed by atoms with Crippen LogP contribution in [0, 0.1) is 19.8 Å². The molecule has 1 aliphatic heterocycles. The van der Waals surface area contributed by atoms with Crippen LogP contribution < -0.4 is 10.2 Å². The molecule has 0 atom stereocenters. The summed E-state index contributed by atoms with van der Waals surface area (Å²) in [5.41, 5.74) is 7.09. The highest BCUT2D eigenvalue weighted by atomic mass is 16.1. The van der Waals surface area contributed by atoms with Gasteiger partial charge >= 0.3 is 0 Å². The van der Waals surface area contributed by atoms with Gasteiger partial charge in [-0.2, -0.15) is 0 Å². The molecule has 5 rings (SSSR count). The molecule has 5 heteroatoms. The summed E-state index contributed by atoms with van der Waals surface area (Å²) in [4.78, 5) is 20.2. The second-order valence-electron chi connectivity index (χ2n) is 9.38. The summed E-state index contributed by atoms with van der Waals surface area (Å²) >= 11 is 0. The van der Waals surface area contributed by atoms with E-state index in [2.05, 4.69) is 83.2 Å². The third-order valence-corrected chi connectivity index (χ3v) is 6.96. The third-order valence-electron chi connectivity index (χ3n) is 6.96. The number of fused-ring (bicyclic) bond motifs is 1. The molecular formula is C29H32N4O. The lowest BCUT2D eigenvalue weighted by molar-refractivity contribution is -0.125. The normalized spacial score (nSPS) is 14.5. The van der Waals surface area contributed by atoms with E-state index >= 15 is 0 Å². The van der Waals surface area contributed by atoms with E-state index in [1.165, 1.54) is 22.3 Å². The Bertz CT molecular complexity index is 1280. The molecule has 0 radical (unpaired) electrons. The number of imidazole rings is 1. The highest BCUT2D eigenvalue weighted by Gasteiger charge is 2.27. The number of carbonyl (C=O) groups excluding carboxylic acids is 1. The maximum absolute atomic E-state index is 12.9. The lowest BCUT2D eigenvalue weighted by atomic mass is 9.96. The lowest BCUT2D eigenvalue weighted by Crippen LogP contribution is -2.41. The maximum Gasteiger partial charge on any atom is 0.223 e.